The number of anilines is 2. The third kappa shape index (κ3) is 2.66. The molecule has 0 saturated heterocycles. The minimum atomic E-state index is -0.978. The number of amides is 1. The van der Waals surface area contributed by atoms with Crippen LogP contribution in [0, 0.1) is 18.6 Å². The van der Waals surface area contributed by atoms with Gasteiger partial charge in [-0.15, -0.1) is 0 Å². The number of aromatic amines is 1. The highest BCUT2D eigenvalue weighted by molar-refractivity contribution is 6.04. The second-order valence-corrected chi connectivity index (χ2v) is 4.20. The van der Waals surface area contributed by atoms with Crippen molar-refractivity contribution in [3.63, 3.8) is 0 Å². The lowest BCUT2D eigenvalue weighted by Gasteiger charge is -2.07. The summed E-state index contributed by atoms with van der Waals surface area (Å²) in [5.41, 5.74) is 4.59. The summed E-state index contributed by atoms with van der Waals surface area (Å²) in [7, 11) is 0. The second-order valence-electron chi connectivity index (χ2n) is 4.20. The molecular formula is C13H11F2N3O2. The standard InChI is InChI=1S/C13H11F2N3O2/c1-6-2-12(19)7(5-17-6)13(20)18-11-4-10(16)8(14)3-9(11)15/h2-5H,16H2,1H3,(H,17,19)(H,18,20). The van der Waals surface area contributed by atoms with Gasteiger partial charge < -0.3 is 16.0 Å². The summed E-state index contributed by atoms with van der Waals surface area (Å²) < 4.78 is 26.5. The molecule has 0 spiro atoms. The molecule has 4 N–H and O–H groups in total. The van der Waals surface area contributed by atoms with Gasteiger partial charge >= 0.3 is 0 Å². The summed E-state index contributed by atoms with van der Waals surface area (Å²) in [4.78, 5) is 26.2. The Bertz CT molecular complexity index is 741. The minimum Gasteiger partial charge on any atom is -0.396 e. The molecular weight excluding hydrogens is 268 g/mol. The van der Waals surface area contributed by atoms with E-state index in [1.54, 1.807) is 6.92 Å². The van der Waals surface area contributed by atoms with Gasteiger partial charge in [0.1, 0.15) is 17.2 Å². The van der Waals surface area contributed by atoms with Crippen LogP contribution >= 0.6 is 0 Å². The third-order valence-corrected chi connectivity index (χ3v) is 2.64. The topological polar surface area (TPSA) is 88.0 Å². The first-order chi connectivity index (χ1) is 9.38. The number of hydrogen-bond donors (Lipinski definition) is 3. The first kappa shape index (κ1) is 13.7. The third-order valence-electron chi connectivity index (χ3n) is 2.64. The molecule has 2 aromatic rings. The number of H-pyrrole nitrogens is 1. The number of nitrogens with two attached hydrogens (primary N) is 1. The second kappa shape index (κ2) is 5.12. The van der Waals surface area contributed by atoms with E-state index < -0.39 is 23.0 Å². The van der Waals surface area contributed by atoms with Crippen LogP contribution in [-0.2, 0) is 0 Å². The highest BCUT2D eigenvalue weighted by Gasteiger charge is 2.14. The normalized spacial score (nSPS) is 10.3. The van der Waals surface area contributed by atoms with E-state index in [1.807, 2.05) is 0 Å². The van der Waals surface area contributed by atoms with Crippen LogP contribution in [0.1, 0.15) is 16.1 Å². The van der Waals surface area contributed by atoms with E-state index in [2.05, 4.69) is 10.3 Å². The number of nitrogens with one attached hydrogen (secondary N) is 2. The van der Waals surface area contributed by atoms with Gasteiger partial charge in [0.2, 0.25) is 0 Å². The Hall–Kier alpha value is -2.70. The number of carbonyl (C=O) groups is 1. The summed E-state index contributed by atoms with van der Waals surface area (Å²) in [6, 6.07) is 2.75. The van der Waals surface area contributed by atoms with Gasteiger partial charge in [-0.25, -0.2) is 8.78 Å². The molecule has 7 heteroatoms. The molecule has 0 aliphatic heterocycles. The molecule has 5 nitrogen and oxygen atoms in total. The lowest BCUT2D eigenvalue weighted by molar-refractivity contribution is 0.102. The monoisotopic (exact) mass is 279 g/mol. The van der Waals surface area contributed by atoms with Crippen molar-refractivity contribution < 1.29 is 13.6 Å². The van der Waals surface area contributed by atoms with Crippen molar-refractivity contribution in [2.45, 2.75) is 6.92 Å². The number of carbonyl (C=O) groups excluding carboxylic acids is 1. The number of hydrogen-bond acceptors (Lipinski definition) is 3. The van der Waals surface area contributed by atoms with Gasteiger partial charge in [-0.05, 0) is 13.0 Å². The Balaban J connectivity index is 2.33. The molecule has 1 heterocycles. The average Bonchev–Trinajstić information content (AvgIpc) is 2.35. The van der Waals surface area contributed by atoms with Crippen molar-refractivity contribution in [2.24, 2.45) is 0 Å². The molecule has 0 atom stereocenters. The van der Waals surface area contributed by atoms with Crippen LogP contribution in [0.25, 0.3) is 0 Å². The number of pyridine rings is 1. The highest BCUT2D eigenvalue weighted by Crippen LogP contribution is 2.21. The van der Waals surface area contributed by atoms with Crippen molar-refractivity contribution in [3.05, 3.63) is 57.5 Å². The molecule has 1 amide bonds. The Kier molecular flexibility index (Phi) is 3.51. The smallest absolute Gasteiger partial charge is 0.261 e. The molecule has 104 valence electrons. The van der Waals surface area contributed by atoms with E-state index in [1.165, 1.54) is 12.3 Å². The molecule has 1 aromatic heterocycles. The lowest BCUT2D eigenvalue weighted by Crippen LogP contribution is -2.22. The molecule has 20 heavy (non-hydrogen) atoms. The average molecular weight is 279 g/mol. The predicted molar refractivity (Wildman–Crippen MR) is 70.5 cm³/mol. The summed E-state index contributed by atoms with van der Waals surface area (Å²) in [5.74, 6) is -2.71. The summed E-state index contributed by atoms with van der Waals surface area (Å²) in [6.07, 6.45) is 1.22. The largest absolute Gasteiger partial charge is 0.396 e. The number of nitrogen functional groups attached to an aromatic ring is 1. The molecule has 0 fully saturated rings. The van der Waals surface area contributed by atoms with Crippen LogP contribution in [-0.4, -0.2) is 10.9 Å². The summed E-state index contributed by atoms with van der Waals surface area (Å²) in [5, 5.41) is 2.17. The zero-order valence-corrected chi connectivity index (χ0v) is 10.5. The van der Waals surface area contributed by atoms with Gasteiger partial charge in [-0.3, -0.25) is 9.59 Å². The van der Waals surface area contributed by atoms with Crippen molar-refractivity contribution in [1.29, 1.82) is 0 Å². The Morgan fingerprint density at radius 1 is 1.25 bits per heavy atom. The maximum atomic E-state index is 13.5. The summed E-state index contributed by atoms with van der Waals surface area (Å²) in [6.45, 7) is 1.66. The van der Waals surface area contributed by atoms with Crippen LogP contribution in [0.5, 0.6) is 0 Å². The highest BCUT2D eigenvalue weighted by atomic mass is 19.1. The predicted octanol–water partition coefficient (Wildman–Crippen LogP) is 1.80. The number of aryl methyl sites for hydroxylation is 1. The number of benzene rings is 1. The van der Waals surface area contributed by atoms with E-state index >= 15 is 0 Å². The van der Waals surface area contributed by atoms with E-state index in [9.17, 15) is 18.4 Å². The van der Waals surface area contributed by atoms with E-state index in [0.29, 0.717) is 11.8 Å². The fourth-order valence-electron chi connectivity index (χ4n) is 1.60. The van der Waals surface area contributed by atoms with Gasteiger partial charge in [0.25, 0.3) is 5.91 Å². The van der Waals surface area contributed by atoms with Gasteiger partial charge in [0, 0.05) is 24.0 Å². The maximum Gasteiger partial charge on any atom is 0.261 e. The fourth-order valence-corrected chi connectivity index (χ4v) is 1.60. The Morgan fingerprint density at radius 3 is 2.60 bits per heavy atom. The molecule has 0 aliphatic carbocycles. The molecule has 2 rings (SSSR count). The van der Waals surface area contributed by atoms with Crippen molar-refractivity contribution >= 4 is 17.3 Å². The molecule has 0 saturated carbocycles. The van der Waals surface area contributed by atoms with Crippen LogP contribution in [0.15, 0.2) is 29.2 Å². The van der Waals surface area contributed by atoms with E-state index in [0.717, 1.165) is 6.07 Å². The van der Waals surface area contributed by atoms with Crippen LogP contribution in [0.2, 0.25) is 0 Å². The van der Waals surface area contributed by atoms with Crippen LogP contribution < -0.4 is 16.5 Å². The van der Waals surface area contributed by atoms with E-state index in [4.69, 9.17) is 5.73 Å². The van der Waals surface area contributed by atoms with Crippen molar-refractivity contribution in [3.8, 4) is 0 Å². The Morgan fingerprint density at radius 2 is 1.95 bits per heavy atom. The molecule has 1 aromatic carbocycles. The molecule has 0 bridgehead atoms. The molecule has 0 radical (unpaired) electrons. The Labute approximate surface area is 112 Å². The fraction of sp³-hybridized carbons (Fsp3) is 0.0769. The number of rotatable bonds is 2. The minimum absolute atomic E-state index is 0.183. The first-order valence-corrected chi connectivity index (χ1v) is 5.63. The molecule has 0 unspecified atom stereocenters. The van der Waals surface area contributed by atoms with Crippen molar-refractivity contribution in [2.75, 3.05) is 11.1 Å². The quantitative estimate of drug-likeness (QED) is 0.732. The van der Waals surface area contributed by atoms with Crippen molar-refractivity contribution in [1.82, 2.24) is 4.98 Å². The maximum absolute atomic E-state index is 13.5. The van der Waals surface area contributed by atoms with Gasteiger partial charge in [-0.2, -0.15) is 0 Å². The zero-order chi connectivity index (χ0) is 14.9. The van der Waals surface area contributed by atoms with Gasteiger partial charge in [-0.1, -0.05) is 0 Å². The zero-order valence-electron chi connectivity index (χ0n) is 10.5. The summed E-state index contributed by atoms with van der Waals surface area (Å²) >= 11 is 0. The van der Waals surface area contributed by atoms with Gasteiger partial charge in [0.05, 0.1) is 11.4 Å². The number of halogens is 2. The number of aromatic nitrogens is 1. The van der Waals surface area contributed by atoms with E-state index in [-0.39, 0.29) is 16.9 Å². The molecule has 0 aliphatic rings. The SMILES string of the molecule is Cc1cc(=O)c(C(=O)Nc2cc(N)c(F)cc2F)c[nH]1. The van der Waals surface area contributed by atoms with Crippen LogP contribution in [0.3, 0.4) is 0 Å². The van der Waals surface area contributed by atoms with Gasteiger partial charge in [0.15, 0.2) is 5.43 Å². The first-order valence-electron chi connectivity index (χ1n) is 5.63. The van der Waals surface area contributed by atoms with Crippen LogP contribution in [0.4, 0.5) is 20.2 Å². The lowest BCUT2D eigenvalue weighted by atomic mass is 10.2.